The van der Waals surface area contributed by atoms with Crippen molar-refractivity contribution in [2.45, 2.75) is 31.1 Å². The molecule has 0 N–H and O–H groups in total. The van der Waals surface area contributed by atoms with Gasteiger partial charge in [0.05, 0.1) is 18.7 Å². The molecule has 2 rings (SSSR count). The number of alkyl halides is 3. The van der Waals surface area contributed by atoms with Crippen molar-refractivity contribution in [1.29, 1.82) is 0 Å². The summed E-state index contributed by atoms with van der Waals surface area (Å²) in [5.74, 6) is -3.59. The van der Waals surface area contributed by atoms with Gasteiger partial charge in [-0.15, -0.1) is 6.58 Å². The second-order valence-electron chi connectivity index (χ2n) is 3.86. The molecule has 7 heteroatoms. The summed E-state index contributed by atoms with van der Waals surface area (Å²) in [6.07, 6.45) is -2.40. The predicted octanol–water partition coefficient (Wildman–Crippen LogP) is 2.22. The molecule has 0 bridgehead atoms. The summed E-state index contributed by atoms with van der Waals surface area (Å²) in [7, 11) is 0. The summed E-state index contributed by atoms with van der Waals surface area (Å²) < 4.78 is 48.9. The minimum absolute atomic E-state index is 0.129. The van der Waals surface area contributed by atoms with E-state index in [9.17, 15) is 13.2 Å². The number of oxime groups is 1. The van der Waals surface area contributed by atoms with Gasteiger partial charge in [0.25, 0.3) is 0 Å². The Hall–Kier alpha value is -1.08. The van der Waals surface area contributed by atoms with Crippen molar-refractivity contribution in [2.24, 2.45) is 11.1 Å². The van der Waals surface area contributed by atoms with E-state index in [4.69, 9.17) is 9.47 Å². The van der Waals surface area contributed by atoms with Crippen LogP contribution in [-0.2, 0) is 14.3 Å². The fraction of sp³-hybridized carbons (Fsp3) is 0.700. The summed E-state index contributed by atoms with van der Waals surface area (Å²) in [6, 6.07) is 0. The topological polar surface area (TPSA) is 40.0 Å². The summed E-state index contributed by atoms with van der Waals surface area (Å²) in [6.45, 7) is 3.55. The molecule has 1 fully saturated rings. The van der Waals surface area contributed by atoms with Gasteiger partial charge in [-0.2, -0.15) is 13.2 Å². The largest absolute Gasteiger partial charge is 0.458 e. The zero-order valence-electron chi connectivity index (χ0n) is 8.94. The van der Waals surface area contributed by atoms with Crippen LogP contribution >= 0.6 is 0 Å². The molecular formula is C10H12F3NO3. The van der Waals surface area contributed by atoms with Crippen LogP contribution in [0.15, 0.2) is 17.8 Å². The van der Waals surface area contributed by atoms with E-state index in [1.807, 2.05) is 0 Å². The first-order valence-corrected chi connectivity index (χ1v) is 5.18. The zero-order chi connectivity index (χ0) is 12.5. The summed E-state index contributed by atoms with van der Waals surface area (Å²) in [5.41, 5.74) is 0. The average Bonchev–Trinajstić information content (AvgIpc) is 2.69. The van der Waals surface area contributed by atoms with Crippen molar-refractivity contribution >= 4 is 6.21 Å². The van der Waals surface area contributed by atoms with Gasteiger partial charge in [-0.3, -0.25) is 0 Å². The van der Waals surface area contributed by atoms with E-state index < -0.39 is 24.2 Å². The minimum Gasteiger partial charge on any atom is -0.350 e. The molecule has 0 aromatic heterocycles. The Balaban J connectivity index is 2.12. The van der Waals surface area contributed by atoms with Gasteiger partial charge in [-0.1, -0.05) is 11.2 Å². The number of hydrogen-bond donors (Lipinski definition) is 0. The Labute approximate surface area is 96.0 Å². The molecule has 0 aromatic rings. The van der Waals surface area contributed by atoms with Crippen LogP contribution in [0.2, 0.25) is 0 Å². The average molecular weight is 251 g/mol. The number of halogens is 3. The Morgan fingerprint density at radius 3 is 2.94 bits per heavy atom. The first kappa shape index (κ1) is 12.4. The monoisotopic (exact) mass is 251 g/mol. The lowest BCUT2D eigenvalue weighted by atomic mass is 9.91. The molecule has 1 saturated heterocycles. The van der Waals surface area contributed by atoms with Gasteiger partial charge in [0.15, 0.2) is 6.29 Å². The molecule has 0 spiro atoms. The van der Waals surface area contributed by atoms with Gasteiger partial charge in [0.2, 0.25) is 0 Å². The number of nitrogens with zero attached hydrogens (tertiary/aromatic N) is 1. The molecule has 0 aromatic carbocycles. The van der Waals surface area contributed by atoms with Gasteiger partial charge >= 0.3 is 12.0 Å². The molecule has 3 atom stereocenters. The van der Waals surface area contributed by atoms with Gasteiger partial charge in [0, 0.05) is 0 Å². The van der Waals surface area contributed by atoms with E-state index in [0.717, 1.165) is 6.21 Å². The van der Waals surface area contributed by atoms with Crippen molar-refractivity contribution < 1.29 is 27.5 Å². The molecule has 2 heterocycles. The molecule has 2 aliphatic heterocycles. The van der Waals surface area contributed by atoms with E-state index in [-0.39, 0.29) is 13.0 Å². The standard InChI is InChI=1S/C10H12F3NO3/c1-2-5-15-8-4-3-7-6-14-17-9(7,16-8)10(11,12)13/h2,6-8H,1,3-5H2. The third-order valence-corrected chi connectivity index (χ3v) is 2.73. The van der Waals surface area contributed by atoms with E-state index in [2.05, 4.69) is 16.6 Å². The zero-order valence-corrected chi connectivity index (χ0v) is 8.94. The maximum absolute atomic E-state index is 13.0. The lowest BCUT2D eigenvalue weighted by Crippen LogP contribution is -2.57. The van der Waals surface area contributed by atoms with Crippen LogP contribution in [0, 0.1) is 5.92 Å². The number of fused-ring (bicyclic) bond motifs is 1. The quantitative estimate of drug-likeness (QED) is 0.722. The predicted molar refractivity (Wildman–Crippen MR) is 52.1 cm³/mol. The molecule has 17 heavy (non-hydrogen) atoms. The molecular weight excluding hydrogens is 239 g/mol. The Bertz CT molecular complexity index is 331. The Morgan fingerprint density at radius 2 is 2.29 bits per heavy atom. The Morgan fingerprint density at radius 1 is 1.53 bits per heavy atom. The molecule has 96 valence electrons. The van der Waals surface area contributed by atoms with E-state index in [1.165, 1.54) is 6.08 Å². The van der Waals surface area contributed by atoms with Crippen LogP contribution in [0.5, 0.6) is 0 Å². The SMILES string of the molecule is C=CCOC1CCC2C=NOC2(C(F)(F)F)O1. The highest BCUT2D eigenvalue weighted by Gasteiger charge is 2.68. The number of rotatable bonds is 3. The molecule has 0 radical (unpaired) electrons. The minimum atomic E-state index is -4.65. The van der Waals surface area contributed by atoms with E-state index >= 15 is 0 Å². The molecule has 0 saturated carbocycles. The van der Waals surface area contributed by atoms with Gasteiger partial charge in [0.1, 0.15) is 0 Å². The van der Waals surface area contributed by atoms with Gasteiger partial charge < -0.3 is 14.3 Å². The Kier molecular flexibility index (Phi) is 3.13. The van der Waals surface area contributed by atoms with Crippen LogP contribution in [0.1, 0.15) is 12.8 Å². The fourth-order valence-corrected chi connectivity index (χ4v) is 1.91. The van der Waals surface area contributed by atoms with E-state index in [1.54, 1.807) is 0 Å². The highest BCUT2D eigenvalue weighted by molar-refractivity contribution is 5.63. The highest BCUT2D eigenvalue weighted by Crippen LogP contribution is 2.48. The maximum Gasteiger partial charge on any atom is 0.458 e. The molecule has 0 aliphatic carbocycles. The third kappa shape index (κ3) is 2.04. The normalized spacial score (nSPS) is 36.4. The summed E-state index contributed by atoms with van der Waals surface area (Å²) >= 11 is 0. The van der Waals surface area contributed by atoms with Crippen molar-refractivity contribution in [3.63, 3.8) is 0 Å². The van der Waals surface area contributed by atoms with Crippen LogP contribution in [0.3, 0.4) is 0 Å². The van der Waals surface area contributed by atoms with Crippen molar-refractivity contribution in [1.82, 2.24) is 0 Å². The van der Waals surface area contributed by atoms with E-state index in [0.29, 0.717) is 6.42 Å². The van der Waals surface area contributed by atoms with Gasteiger partial charge in [-0.25, -0.2) is 0 Å². The first-order chi connectivity index (χ1) is 7.99. The smallest absolute Gasteiger partial charge is 0.350 e. The van der Waals surface area contributed by atoms with Crippen LogP contribution in [0.4, 0.5) is 13.2 Å². The lowest BCUT2D eigenvalue weighted by Gasteiger charge is -2.40. The lowest BCUT2D eigenvalue weighted by molar-refractivity contribution is -0.429. The molecule has 0 amide bonds. The number of ether oxygens (including phenoxy) is 2. The van der Waals surface area contributed by atoms with Crippen molar-refractivity contribution in [2.75, 3.05) is 6.61 Å². The van der Waals surface area contributed by atoms with Crippen molar-refractivity contribution in [3.8, 4) is 0 Å². The highest BCUT2D eigenvalue weighted by atomic mass is 19.4. The second kappa shape index (κ2) is 4.30. The van der Waals surface area contributed by atoms with Crippen LogP contribution < -0.4 is 0 Å². The fourth-order valence-electron chi connectivity index (χ4n) is 1.91. The summed E-state index contributed by atoms with van der Waals surface area (Å²) in [5, 5.41) is 3.24. The first-order valence-electron chi connectivity index (χ1n) is 5.18. The van der Waals surface area contributed by atoms with Crippen molar-refractivity contribution in [3.05, 3.63) is 12.7 Å². The molecule has 3 unspecified atom stereocenters. The number of hydrogen-bond acceptors (Lipinski definition) is 4. The maximum atomic E-state index is 13.0. The molecule has 4 nitrogen and oxygen atoms in total. The molecule has 2 aliphatic rings. The second-order valence-corrected chi connectivity index (χ2v) is 3.86. The van der Waals surface area contributed by atoms with Crippen LogP contribution in [0.25, 0.3) is 0 Å². The van der Waals surface area contributed by atoms with Crippen LogP contribution in [-0.4, -0.2) is 31.1 Å². The van der Waals surface area contributed by atoms with Gasteiger partial charge in [-0.05, 0) is 12.8 Å². The summed E-state index contributed by atoms with van der Waals surface area (Å²) in [4.78, 5) is 4.44. The third-order valence-electron chi connectivity index (χ3n) is 2.73.